The van der Waals surface area contributed by atoms with E-state index in [0.717, 1.165) is 6.42 Å². The van der Waals surface area contributed by atoms with E-state index in [1.165, 1.54) is 0 Å². The largest absolute Gasteiger partial charge is 0.462 e. The molecule has 0 rings (SSSR count). The van der Waals surface area contributed by atoms with Gasteiger partial charge in [-0.25, -0.2) is 0 Å². The molecule has 0 aromatic carbocycles. The van der Waals surface area contributed by atoms with Crippen molar-refractivity contribution >= 4 is 5.97 Å². The van der Waals surface area contributed by atoms with E-state index in [1.807, 2.05) is 13.8 Å². The van der Waals surface area contributed by atoms with Crippen molar-refractivity contribution in [2.24, 2.45) is 0 Å². The van der Waals surface area contributed by atoms with Crippen molar-refractivity contribution in [3.63, 3.8) is 0 Å². The third-order valence-corrected chi connectivity index (χ3v) is 1.55. The van der Waals surface area contributed by atoms with E-state index in [2.05, 4.69) is 0 Å². The molecule has 0 aliphatic rings. The van der Waals surface area contributed by atoms with Gasteiger partial charge in [0.25, 0.3) is 0 Å². The summed E-state index contributed by atoms with van der Waals surface area (Å²) < 4.78 is 9.95. The lowest BCUT2D eigenvalue weighted by Crippen LogP contribution is -2.14. The molecule has 4 heteroatoms. The molecule has 1 atom stereocenters. The Morgan fingerprint density at radius 3 is 2.77 bits per heavy atom. The summed E-state index contributed by atoms with van der Waals surface area (Å²) in [4.78, 5) is 10.7. The van der Waals surface area contributed by atoms with Gasteiger partial charge < -0.3 is 9.47 Å². The number of rotatable bonds is 6. The minimum absolute atomic E-state index is 0.190. The maximum Gasteiger partial charge on any atom is 0.320 e. The Morgan fingerprint density at radius 2 is 2.23 bits per heavy atom. The standard InChI is InChI=1S/C9H15NO3/c1-3-8(2)12-6-7-13-9(11)4-5-10/h8H,3-4,6-7H2,1-2H3. The van der Waals surface area contributed by atoms with Crippen molar-refractivity contribution < 1.29 is 14.3 Å². The van der Waals surface area contributed by atoms with Gasteiger partial charge in [0.2, 0.25) is 0 Å². The van der Waals surface area contributed by atoms with Crippen LogP contribution in [0.15, 0.2) is 0 Å². The molecule has 0 spiro atoms. The van der Waals surface area contributed by atoms with Crippen LogP contribution < -0.4 is 0 Å². The predicted octanol–water partition coefficient (Wildman–Crippen LogP) is 1.26. The number of hydrogen-bond donors (Lipinski definition) is 0. The Bertz CT molecular complexity index is 186. The van der Waals surface area contributed by atoms with E-state index in [0.29, 0.717) is 6.61 Å². The van der Waals surface area contributed by atoms with Crippen LogP contribution in [-0.2, 0) is 14.3 Å². The lowest BCUT2D eigenvalue weighted by molar-refractivity contribution is -0.144. The average molecular weight is 185 g/mol. The second-order valence-corrected chi connectivity index (χ2v) is 2.65. The molecule has 0 aliphatic carbocycles. The van der Waals surface area contributed by atoms with E-state index >= 15 is 0 Å². The number of carbonyl (C=O) groups excluding carboxylic acids is 1. The van der Waals surface area contributed by atoms with Gasteiger partial charge in [-0.3, -0.25) is 4.79 Å². The summed E-state index contributed by atoms with van der Waals surface area (Å²) in [5.41, 5.74) is 0. The SMILES string of the molecule is CCC(C)OCCOC(=O)CC#N. The third-order valence-electron chi connectivity index (χ3n) is 1.55. The number of hydrogen-bond acceptors (Lipinski definition) is 4. The summed E-state index contributed by atoms with van der Waals surface area (Å²) in [5, 5.41) is 8.14. The highest BCUT2D eigenvalue weighted by atomic mass is 16.6. The fourth-order valence-electron chi connectivity index (χ4n) is 0.638. The van der Waals surface area contributed by atoms with Crippen LogP contribution in [0.1, 0.15) is 26.7 Å². The van der Waals surface area contributed by atoms with Crippen molar-refractivity contribution in [3.8, 4) is 6.07 Å². The maximum absolute atomic E-state index is 10.7. The molecule has 0 aromatic rings. The lowest BCUT2D eigenvalue weighted by atomic mass is 10.3. The van der Waals surface area contributed by atoms with Crippen LogP contribution in [0.3, 0.4) is 0 Å². The molecule has 1 unspecified atom stereocenters. The first-order valence-electron chi connectivity index (χ1n) is 4.34. The van der Waals surface area contributed by atoms with E-state index in [1.54, 1.807) is 6.07 Å². The fraction of sp³-hybridized carbons (Fsp3) is 0.778. The molecule has 0 saturated carbocycles. The third kappa shape index (κ3) is 7.29. The Hall–Kier alpha value is -1.08. The molecule has 4 nitrogen and oxygen atoms in total. The van der Waals surface area contributed by atoms with Gasteiger partial charge in [0.1, 0.15) is 13.0 Å². The molecule has 0 N–H and O–H groups in total. The van der Waals surface area contributed by atoms with Crippen LogP contribution in [-0.4, -0.2) is 25.3 Å². The van der Waals surface area contributed by atoms with Crippen LogP contribution in [0.4, 0.5) is 0 Å². The molecule has 0 radical (unpaired) electrons. The number of esters is 1. The van der Waals surface area contributed by atoms with Crippen molar-refractivity contribution in [3.05, 3.63) is 0 Å². The van der Waals surface area contributed by atoms with Crippen LogP contribution in [0, 0.1) is 11.3 Å². The van der Waals surface area contributed by atoms with E-state index in [4.69, 9.17) is 14.7 Å². The molecular formula is C9H15NO3. The van der Waals surface area contributed by atoms with Crippen molar-refractivity contribution in [1.29, 1.82) is 5.26 Å². The highest BCUT2D eigenvalue weighted by molar-refractivity contribution is 5.71. The van der Waals surface area contributed by atoms with E-state index in [-0.39, 0.29) is 19.1 Å². The molecule has 0 heterocycles. The first-order valence-corrected chi connectivity index (χ1v) is 4.34. The van der Waals surface area contributed by atoms with Crippen molar-refractivity contribution in [1.82, 2.24) is 0 Å². The summed E-state index contributed by atoms with van der Waals surface area (Å²) in [6.45, 7) is 4.60. The fourth-order valence-corrected chi connectivity index (χ4v) is 0.638. The van der Waals surface area contributed by atoms with Gasteiger partial charge in [-0.2, -0.15) is 5.26 Å². The first-order chi connectivity index (χ1) is 6.20. The summed E-state index contributed by atoms with van der Waals surface area (Å²) >= 11 is 0. The smallest absolute Gasteiger partial charge is 0.320 e. The van der Waals surface area contributed by atoms with Gasteiger partial charge >= 0.3 is 5.97 Å². The molecule has 0 bridgehead atoms. The molecule has 0 aliphatic heterocycles. The van der Waals surface area contributed by atoms with Gasteiger partial charge in [0.05, 0.1) is 18.8 Å². The predicted molar refractivity (Wildman–Crippen MR) is 46.9 cm³/mol. The summed E-state index contributed by atoms with van der Waals surface area (Å²) in [7, 11) is 0. The molecule has 0 fully saturated rings. The van der Waals surface area contributed by atoms with Crippen LogP contribution in [0.5, 0.6) is 0 Å². The quantitative estimate of drug-likeness (QED) is 0.461. The molecular weight excluding hydrogens is 170 g/mol. The van der Waals surface area contributed by atoms with Crippen LogP contribution in [0.25, 0.3) is 0 Å². The Morgan fingerprint density at radius 1 is 1.54 bits per heavy atom. The van der Waals surface area contributed by atoms with Gasteiger partial charge in [0.15, 0.2) is 0 Å². The number of nitrogens with zero attached hydrogens (tertiary/aromatic N) is 1. The zero-order valence-electron chi connectivity index (χ0n) is 8.08. The minimum Gasteiger partial charge on any atom is -0.462 e. The second-order valence-electron chi connectivity index (χ2n) is 2.65. The second kappa shape index (κ2) is 7.56. The molecule has 13 heavy (non-hydrogen) atoms. The zero-order valence-corrected chi connectivity index (χ0v) is 8.08. The topological polar surface area (TPSA) is 59.3 Å². The van der Waals surface area contributed by atoms with Crippen molar-refractivity contribution in [2.45, 2.75) is 32.8 Å². The Labute approximate surface area is 78.4 Å². The monoisotopic (exact) mass is 185 g/mol. The maximum atomic E-state index is 10.7. The van der Waals surface area contributed by atoms with E-state index in [9.17, 15) is 4.79 Å². The summed E-state index contributed by atoms with van der Waals surface area (Å²) in [6, 6.07) is 1.71. The molecule has 0 saturated heterocycles. The minimum atomic E-state index is -0.491. The molecule has 0 amide bonds. The van der Waals surface area contributed by atoms with Crippen molar-refractivity contribution in [2.75, 3.05) is 13.2 Å². The van der Waals surface area contributed by atoms with Gasteiger partial charge in [0, 0.05) is 0 Å². The summed E-state index contributed by atoms with van der Waals surface area (Å²) in [6.07, 6.45) is 0.935. The highest BCUT2D eigenvalue weighted by Gasteiger charge is 2.01. The number of carbonyl (C=O) groups is 1. The first kappa shape index (κ1) is 11.9. The Kier molecular flexibility index (Phi) is 6.93. The van der Waals surface area contributed by atoms with Crippen LogP contribution in [0.2, 0.25) is 0 Å². The molecule has 0 aromatic heterocycles. The zero-order chi connectivity index (χ0) is 10.1. The van der Waals surface area contributed by atoms with Crippen LogP contribution >= 0.6 is 0 Å². The Balaban J connectivity index is 3.26. The molecule has 74 valence electrons. The highest BCUT2D eigenvalue weighted by Crippen LogP contribution is 1.95. The number of nitriles is 1. The van der Waals surface area contributed by atoms with Gasteiger partial charge in [-0.15, -0.1) is 0 Å². The van der Waals surface area contributed by atoms with Gasteiger partial charge in [-0.05, 0) is 13.3 Å². The normalized spacial score (nSPS) is 11.8. The average Bonchev–Trinajstić information content (AvgIpc) is 2.12. The summed E-state index contributed by atoms with van der Waals surface area (Å²) in [5.74, 6) is -0.491. The van der Waals surface area contributed by atoms with Gasteiger partial charge in [-0.1, -0.05) is 6.92 Å². The van der Waals surface area contributed by atoms with E-state index < -0.39 is 5.97 Å². The lowest BCUT2D eigenvalue weighted by Gasteiger charge is -2.09. The number of ether oxygens (including phenoxy) is 2.